The Balaban J connectivity index is 2.04. The number of hydrogen-bond donors (Lipinski definition) is 0. The molecule has 2 heteroatoms. The van der Waals surface area contributed by atoms with E-state index in [1.165, 1.54) is 70.6 Å². The van der Waals surface area contributed by atoms with Gasteiger partial charge in [-0.25, -0.2) is 0 Å². The van der Waals surface area contributed by atoms with Crippen molar-refractivity contribution in [2.24, 2.45) is 17.3 Å². The third kappa shape index (κ3) is 6.04. The Bertz CT molecular complexity index is 337. The average Bonchev–Trinajstić information content (AvgIpc) is 3.14. The molecule has 2 nitrogen and oxygen atoms in total. The van der Waals surface area contributed by atoms with Gasteiger partial charge in [0, 0.05) is 5.41 Å². The summed E-state index contributed by atoms with van der Waals surface area (Å²) in [5, 5.41) is 0. The van der Waals surface area contributed by atoms with Crippen molar-refractivity contribution >= 4 is 0 Å². The summed E-state index contributed by atoms with van der Waals surface area (Å²) < 4.78 is 12.0. The molecule has 0 bridgehead atoms. The van der Waals surface area contributed by atoms with E-state index in [-0.39, 0.29) is 5.41 Å². The van der Waals surface area contributed by atoms with E-state index in [2.05, 4.69) is 13.2 Å². The summed E-state index contributed by atoms with van der Waals surface area (Å²) in [5.74, 6) is 1.69. The summed E-state index contributed by atoms with van der Waals surface area (Å²) in [6.45, 7) is 10.6. The Morgan fingerprint density at radius 1 is 0.792 bits per heavy atom. The lowest BCUT2D eigenvalue weighted by atomic mass is 9.66. The van der Waals surface area contributed by atoms with E-state index in [9.17, 15) is 0 Å². The normalized spacial score (nSPS) is 20.3. The maximum absolute atomic E-state index is 6.02. The third-order valence-electron chi connectivity index (χ3n) is 6.25. The highest BCUT2D eigenvalue weighted by Crippen LogP contribution is 2.44. The smallest absolute Gasteiger partial charge is 0.0645 e. The minimum Gasteiger partial charge on any atom is -0.377 e. The van der Waals surface area contributed by atoms with Gasteiger partial charge in [0.25, 0.3) is 0 Å². The van der Waals surface area contributed by atoms with E-state index >= 15 is 0 Å². The van der Waals surface area contributed by atoms with E-state index in [1.54, 1.807) is 0 Å². The summed E-state index contributed by atoms with van der Waals surface area (Å²) in [6.07, 6.45) is 18.9. The molecule has 0 radical (unpaired) electrons. The maximum atomic E-state index is 6.02. The molecular formula is C22H38O2. The number of rotatable bonds is 12. The van der Waals surface area contributed by atoms with Crippen LogP contribution in [0.25, 0.3) is 0 Å². The zero-order valence-corrected chi connectivity index (χ0v) is 15.6. The highest BCUT2D eigenvalue weighted by Gasteiger charge is 2.40. The summed E-state index contributed by atoms with van der Waals surface area (Å²) in [5.41, 5.74) is 0.190. The van der Waals surface area contributed by atoms with Gasteiger partial charge in [0.1, 0.15) is 0 Å². The van der Waals surface area contributed by atoms with Crippen LogP contribution < -0.4 is 0 Å². The van der Waals surface area contributed by atoms with Gasteiger partial charge >= 0.3 is 0 Å². The molecule has 0 aromatic heterocycles. The highest BCUT2D eigenvalue weighted by atomic mass is 16.5. The molecule has 2 fully saturated rings. The lowest BCUT2D eigenvalue weighted by Gasteiger charge is -2.43. The summed E-state index contributed by atoms with van der Waals surface area (Å²) >= 11 is 0. The molecule has 0 aromatic carbocycles. The van der Waals surface area contributed by atoms with Crippen molar-refractivity contribution in [1.82, 2.24) is 0 Å². The van der Waals surface area contributed by atoms with E-state index in [4.69, 9.17) is 9.47 Å². The first-order valence-corrected chi connectivity index (χ1v) is 10.2. The van der Waals surface area contributed by atoms with Gasteiger partial charge in [-0.3, -0.25) is 0 Å². The predicted octanol–water partition coefficient (Wildman–Crippen LogP) is 5.93. The van der Waals surface area contributed by atoms with Gasteiger partial charge in [0.15, 0.2) is 0 Å². The van der Waals surface area contributed by atoms with Gasteiger partial charge < -0.3 is 9.47 Å². The lowest BCUT2D eigenvalue weighted by molar-refractivity contribution is -0.0626. The monoisotopic (exact) mass is 334 g/mol. The molecule has 24 heavy (non-hydrogen) atoms. The molecule has 0 unspecified atom stereocenters. The van der Waals surface area contributed by atoms with Crippen molar-refractivity contribution in [3.05, 3.63) is 25.3 Å². The zero-order valence-electron chi connectivity index (χ0n) is 15.6. The highest BCUT2D eigenvalue weighted by molar-refractivity contribution is 4.90. The molecule has 0 atom stereocenters. The van der Waals surface area contributed by atoms with E-state index in [1.807, 2.05) is 12.2 Å². The minimum absolute atomic E-state index is 0.190. The first-order chi connectivity index (χ1) is 11.8. The summed E-state index contributed by atoms with van der Waals surface area (Å²) in [7, 11) is 0. The molecule has 0 aliphatic heterocycles. The molecule has 0 aromatic rings. The van der Waals surface area contributed by atoms with E-state index in [0.717, 1.165) is 25.0 Å². The van der Waals surface area contributed by atoms with Crippen LogP contribution in [0.3, 0.4) is 0 Å². The van der Waals surface area contributed by atoms with Gasteiger partial charge in [-0.15, -0.1) is 13.2 Å². The summed E-state index contributed by atoms with van der Waals surface area (Å²) in [6, 6.07) is 0. The third-order valence-corrected chi connectivity index (χ3v) is 6.25. The zero-order chi connectivity index (χ0) is 17.1. The Hall–Kier alpha value is -0.600. The fraction of sp³-hybridized carbons (Fsp3) is 0.818. The van der Waals surface area contributed by atoms with Gasteiger partial charge in [-0.2, -0.15) is 0 Å². The van der Waals surface area contributed by atoms with Crippen molar-refractivity contribution < 1.29 is 9.47 Å². The van der Waals surface area contributed by atoms with Crippen LogP contribution in [0, 0.1) is 17.3 Å². The van der Waals surface area contributed by atoms with Crippen LogP contribution in [-0.4, -0.2) is 26.4 Å². The van der Waals surface area contributed by atoms with Crippen molar-refractivity contribution in [2.45, 2.75) is 70.6 Å². The largest absolute Gasteiger partial charge is 0.377 e. The molecule has 2 rings (SSSR count). The van der Waals surface area contributed by atoms with Gasteiger partial charge in [0.2, 0.25) is 0 Å². The molecule has 0 heterocycles. The quantitative estimate of drug-likeness (QED) is 0.325. The molecule has 2 saturated carbocycles. The van der Waals surface area contributed by atoms with Gasteiger partial charge in [-0.1, -0.05) is 57.1 Å². The molecule has 0 amide bonds. The van der Waals surface area contributed by atoms with Crippen molar-refractivity contribution in [2.75, 3.05) is 26.4 Å². The lowest BCUT2D eigenvalue weighted by Crippen LogP contribution is -2.41. The standard InChI is InChI=1S/C22H38O2/c1-3-16-23-18-22(19-24-17-4-2,21-12-6-5-7-13-21)15-14-20-10-8-9-11-20/h3-4,20-21H,1-2,5-19H2. The first-order valence-electron chi connectivity index (χ1n) is 10.2. The predicted molar refractivity (Wildman–Crippen MR) is 102 cm³/mol. The molecule has 0 N–H and O–H groups in total. The maximum Gasteiger partial charge on any atom is 0.0645 e. The van der Waals surface area contributed by atoms with Crippen molar-refractivity contribution in [3.63, 3.8) is 0 Å². The molecule has 138 valence electrons. The van der Waals surface area contributed by atoms with Crippen LogP contribution >= 0.6 is 0 Å². The minimum atomic E-state index is 0.190. The van der Waals surface area contributed by atoms with Crippen molar-refractivity contribution in [1.29, 1.82) is 0 Å². The Labute approximate surface area is 149 Å². The Kier molecular flexibility index (Phi) is 9.12. The topological polar surface area (TPSA) is 18.5 Å². The molecule has 0 saturated heterocycles. The van der Waals surface area contributed by atoms with Gasteiger partial charge in [0.05, 0.1) is 26.4 Å². The average molecular weight is 335 g/mol. The molecular weight excluding hydrogens is 296 g/mol. The Morgan fingerprint density at radius 2 is 1.33 bits per heavy atom. The van der Waals surface area contributed by atoms with Crippen LogP contribution in [0.5, 0.6) is 0 Å². The van der Waals surface area contributed by atoms with Crippen LogP contribution in [0.2, 0.25) is 0 Å². The van der Waals surface area contributed by atoms with Crippen LogP contribution in [0.4, 0.5) is 0 Å². The van der Waals surface area contributed by atoms with Crippen LogP contribution in [0.1, 0.15) is 70.6 Å². The first kappa shape index (κ1) is 19.7. The van der Waals surface area contributed by atoms with Crippen LogP contribution in [-0.2, 0) is 9.47 Å². The van der Waals surface area contributed by atoms with Crippen molar-refractivity contribution in [3.8, 4) is 0 Å². The SMILES string of the molecule is C=CCOCC(CCC1CCCC1)(COCC=C)C1CCCCC1. The van der Waals surface area contributed by atoms with E-state index in [0.29, 0.717) is 13.2 Å². The summed E-state index contributed by atoms with van der Waals surface area (Å²) in [4.78, 5) is 0. The molecule has 2 aliphatic rings. The molecule has 2 aliphatic carbocycles. The van der Waals surface area contributed by atoms with Gasteiger partial charge in [-0.05, 0) is 37.5 Å². The second-order valence-electron chi connectivity index (χ2n) is 7.99. The number of ether oxygens (including phenoxy) is 2. The van der Waals surface area contributed by atoms with Crippen LogP contribution in [0.15, 0.2) is 25.3 Å². The fourth-order valence-electron chi connectivity index (χ4n) is 4.82. The second-order valence-corrected chi connectivity index (χ2v) is 7.99. The second kappa shape index (κ2) is 11.1. The van der Waals surface area contributed by atoms with E-state index < -0.39 is 0 Å². The number of hydrogen-bond acceptors (Lipinski definition) is 2. The molecule has 0 spiro atoms. The fourth-order valence-corrected chi connectivity index (χ4v) is 4.82. The Morgan fingerprint density at radius 3 is 1.88 bits per heavy atom.